The lowest BCUT2D eigenvalue weighted by molar-refractivity contribution is -0.140. The van der Waals surface area contributed by atoms with Crippen LogP contribution in [0.25, 0.3) is 0 Å². The van der Waals surface area contributed by atoms with E-state index in [4.69, 9.17) is 0 Å². The van der Waals surface area contributed by atoms with E-state index in [2.05, 4.69) is 5.32 Å². The van der Waals surface area contributed by atoms with Crippen LogP contribution in [-0.2, 0) is 20.8 Å². The zero-order valence-electron chi connectivity index (χ0n) is 18.7. The van der Waals surface area contributed by atoms with Crippen molar-refractivity contribution in [1.29, 1.82) is 0 Å². The first-order valence-corrected chi connectivity index (χ1v) is 12.6. The molecule has 6 nitrogen and oxygen atoms in total. The predicted octanol–water partition coefficient (Wildman–Crippen LogP) is 4.19. The average Bonchev–Trinajstić information content (AvgIpc) is 3.31. The highest BCUT2D eigenvalue weighted by Crippen LogP contribution is 2.32. The number of hydrogen-bond donors (Lipinski definition) is 3. The highest BCUT2D eigenvalue weighted by atomic mass is 32.2. The molecule has 2 amide bonds. The van der Waals surface area contributed by atoms with E-state index in [9.17, 15) is 19.6 Å². The molecule has 8 heteroatoms. The number of benzene rings is 1. The maximum Gasteiger partial charge on any atom is 0.248 e. The first-order chi connectivity index (χ1) is 15.3. The van der Waals surface area contributed by atoms with Gasteiger partial charge in [-0.3, -0.25) is 19.6 Å². The summed E-state index contributed by atoms with van der Waals surface area (Å²) >= 11 is 3.07. The zero-order valence-corrected chi connectivity index (χ0v) is 20.4. The standard InChI is InChI=1S/C24H32N2O4S2/c1-16(2)12-19(20(24(29)26-30)15-32-22-10-7-11-31-22)21(27)14-18(23(28)25-3)13-17-8-5-4-6-9-17/h4-11,16,18-20,30H,12-15H2,1-3H3,(H,25,28)(H,26,29). The molecule has 1 heterocycles. The van der Waals surface area contributed by atoms with Crippen LogP contribution in [-0.4, -0.2) is 35.6 Å². The summed E-state index contributed by atoms with van der Waals surface area (Å²) in [6, 6.07) is 13.5. The third-order valence-corrected chi connectivity index (χ3v) is 7.61. The summed E-state index contributed by atoms with van der Waals surface area (Å²) in [5.74, 6) is -2.12. The van der Waals surface area contributed by atoms with Crippen molar-refractivity contribution in [3.63, 3.8) is 0 Å². The van der Waals surface area contributed by atoms with Crippen LogP contribution in [0.4, 0.5) is 0 Å². The van der Waals surface area contributed by atoms with Gasteiger partial charge in [-0.25, -0.2) is 5.48 Å². The van der Waals surface area contributed by atoms with Crippen molar-refractivity contribution in [2.24, 2.45) is 23.7 Å². The van der Waals surface area contributed by atoms with Crippen LogP contribution in [0.5, 0.6) is 0 Å². The van der Waals surface area contributed by atoms with Crippen LogP contribution in [0.3, 0.4) is 0 Å². The van der Waals surface area contributed by atoms with Crippen LogP contribution in [0, 0.1) is 23.7 Å². The lowest BCUT2D eigenvalue weighted by Crippen LogP contribution is -2.40. The molecule has 0 radical (unpaired) electrons. The summed E-state index contributed by atoms with van der Waals surface area (Å²) in [6.07, 6.45) is 1.00. The molecular formula is C24H32N2O4S2. The average molecular weight is 477 g/mol. The molecule has 3 atom stereocenters. The van der Waals surface area contributed by atoms with Gasteiger partial charge >= 0.3 is 0 Å². The second kappa shape index (κ2) is 13.4. The number of thioether (sulfide) groups is 1. The Balaban J connectivity index is 2.23. The first kappa shape index (κ1) is 26.1. The molecule has 0 aliphatic heterocycles. The normalized spacial score (nSPS) is 13.9. The van der Waals surface area contributed by atoms with E-state index in [1.807, 2.05) is 61.7 Å². The number of rotatable bonds is 13. The molecule has 0 spiro atoms. The number of amides is 2. The molecule has 0 saturated heterocycles. The number of ketones is 1. The van der Waals surface area contributed by atoms with Crippen molar-refractivity contribution >= 4 is 40.7 Å². The summed E-state index contributed by atoms with van der Waals surface area (Å²) in [4.78, 5) is 38.6. The van der Waals surface area contributed by atoms with E-state index in [0.717, 1.165) is 9.77 Å². The van der Waals surface area contributed by atoms with E-state index in [0.29, 0.717) is 18.6 Å². The van der Waals surface area contributed by atoms with Crippen LogP contribution < -0.4 is 10.8 Å². The number of Topliss-reactive ketones (excluding diaryl/α,β-unsaturated/α-hetero) is 1. The maximum atomic E-state index is 13.5. The largest absolute Gasteiger partial charge is 0.359 e. The molecule has 2 rings (SSSR count). The highest BCUT2D eigenvalue weighted by Gasteiger charge is 2.36. The van der Waals surface area contributed by atoms with Gasteiger partial charge in [0, 0.05) is 31.1 Å². The van der Waals surface area contributed by atoms with Crippen molar-refractivity contribution in [3.05, 3.63) is 53.4 Å². The van der Waals surface area contributed by atoms with Crippen LogP contribution in [0.15, 0.2) is 52.1 Å². The van der Waals surface area contributed by atoms with Gasteiger partial charge in [-0.2, -0.15) is 0 Å². The molecule has 1 aromatic heterocycles. The molecule has 1 aromatic carbocycles. The van der Waals surface area contributed by atoms with E-state index in [-0.39, 0.29) is 24.0 Å². The smallest absolute Gasteiger partial charge is 0.248 e. The Kier molecular flexibility index (Phi) is 10.9. The fourth-order valence-corrected chi connectivity index (χ4v) is 5.75. The quantitative estimate of drug-likeness (QED) is 0.229. The van der Waals surface area contributed by atoms with Gasteiger partial charge in [0.25, 0.3) is 0 Å². The van der Waals surface area contributed by atoms with E-state index >= 15 is 0 Å². The highest BCUT2D eigenvalue weighted by molar-refractivity contribution is 8.01. The van der Waals surface area contributed by atoms with Gasteiger partial charge in [0.2, 0.25) is 11.8 Å². The number of hydroxylamine groups is 1. The SMILES string of the molecule is CNC(=O)C(CC(=O)C(CC(C)C)C(CSc1cccs1)C(=O)NO)Cc1ccccc1. The number of carbonyl (C=O) groups is 3. The molecule has 2 aromatic rings. The van der Waals surface area contributed by atoms with Crippen molar-refractivity contribution in [2.75, 3.05) is 12.8 Å². The molecule has 3 N–H and O–H groups in total. The monoisotopic (exact) mass is 476 g/mol. The van der Waals surface area contributed by atoms with Crippen LogP contribution in [0.2, 0.25) is 0 Å². The molecular weight excluding hydrogens is 444 g/mol. The number of hydrogen-bond acceptors (Lipinski definition) is 6. The maximum absolute atomic E-state index is 13.5. The minimum atomic E-state index is -0.691. The number of thiophene rings is 1. The molecule has 0 saturated carbocycles. The van der Waals surface area contributed by atoms with Crippen LogP contribution in [0.1, 0.15) is 32.3 Å². The Hall–Kier alpha value is -2.16. The summed E-state index contributed by atoms with van der Waals surface area (Å²) in [5.41, 5.74) is 2.73. The van der Waals surface area contributed by atoms with Crippen molar-refractivity contribution in [3.8, 4) is 0 Å². The Labute approximate surface area is 198 Å². The van der Waals surface area contributed by atoms with E-state index in [1.165, 1.54) is 11.8 Å². The third-order valence-electron chi connectivity index (χ3n) is 5.36. The van der Waals surface area contributed by atoms with Crippen LogP contribution >= 0.6 is 23.1 Å². The predicted molar refractivity (Wildman–Crippen MR) is 129 cm³/mol. The van der Waals surface area contributed by atoms with Crippen molar-refractivity contribution in [1.82, 2.24) is 10.8 Å². The van der Waals surface area contributed by atoms with E-state index < -0.39 is 23.7 Å². The molecule has 0 aliphatic carbocycles. The first-order valence-electron chi connectivity index (χ1n) is 10.7. The Morgan fingerprint density at radius 3 is 2.31 bits per heavy atom. The molecule has 0 bridgehead atoms. The lowest BCUT2D eigenvalue weighted by Gasteiger charge is -2.27. The minimum Gasteiger partial charge on any atom is -0.359 e. The van der Waals surface area contributed by atoms with Gasteiger partial charge in [-0.15, -0.1) is 23.1 Å². The number of carbonyl (C=O) groups excluding carboxylic acids is 3. The molecule has 32 heavy (non-hydrogen) atoms. The minimum absolute atomic E-state index is 0.0465. The van der Waals surface area contributed by atoms with E-state index in [1.54, 1.807) is 23.9 Å². The van der Waals surface area contributed by atoms with Gasteiger partial charge in [0.15, 0.2) is 0 Å². The zero-order chi connectivity index (χ0) is 23.5. The van der Waals surface area contributed by atoms with Gasteiger partial charge in [0.1, 0.15) is 5.78 Å². The lowest BCUT2D eigenvalue weighted by atomic mass is 9.79. The molecule has 0 aliphatic rings. The van der Waals surface area contributed by atoms with Gasteiger partial charge in [0.05, 0.1) is 10.1 Å². The second-order valence-corrected chi connectivity index (χ2v) is 10.5. The molecule has 174 valence electrons. The Morgan fingerprint density at radius 1 is 1.03 bits per heavy atom. The molecule has 3 unspecified atom stereocenters. The van der Waals surface area contributed by atoms with Gasteiger partial charge in [-0.05, 0) is 35.8 Å². The topological polar surface area (TPSA) is 95.5 Å². The van der Waals surface area contributed by atoms with Crippen molar-refractivity contribution < 1.29 is 19.6 Å². The second-order valence-electron chi connectivity index (χ2n) is 8.23. The summed E-state index contributed by atoms with van der Waals surface area (Å²) in [6.45, 7) is 4.00. The fraction of sp³-hybridized carbons (Fsp3) is 0.458. The molecule has 0 fully saturated rings. The fourth-order valence-electron chi connectivity index (χ4n) is 3.76. The van der Waals surface area contributed by atoms with Gasteiger partial charge < -0.3 is 5.32 Å². The van der Waals surface area contributed by atoms with Crippen molar-refractivity contribution in [2.45, 2.75) is 37.3 Å². The summed E-state index contributed by atoms with van der Waals surface area (Å²) in [7, 11) is 1.57. The number of nitrogens with one attached hydrogen (secondary N) is 2. The Bertz CT molecular complexity index is 856. The Morgan fingerprint density at radius 2 is 1.75 bits per heavy atom. The van der Waals surface area contributed by atoms with Gasteiger partial charge in [-0.1, -0.05) is 50.2 Å². The summed E-state index contributed by atoms with van der Waals surface area (Å²) < 4.78 is 1.05. The summed E-state index contributed by atoms with van der Waals surface area (Å²) in [5, 5.41) is 14.0. The third kappa shape index (κ3) is 8.07.